The number of nitrogens with one attached hydrogen (secondary N) is 20. The summed E-state index contributed by atoms with van der Waals surface area (Å²) in [5.74, 6) is -27.3. The Balaban J connectivity index is 2.12. The van der Waals surface area contributed by atoms with Crippen molar-refractivity contribution in [3.05, 3.63) is 18.2 Å². The van der Waals surface area contributed by atoms with Gasteiger partial charge in [-0.05, 0) is 63.8 Å². The number of carboxylic acid groups (broad SMARTS) is 1. The Kier molecular flexibility index (Phi) is 45.8. The summed E-state index contributed by atoms with van der Waals surface area (Å²) in [6.07, 6.45) is -1.49. The first-order chi connectivity index (χ1) is 56.9. The molecule has 3 saturated heterocycles. The van der Waals surface area contributed by atoms with Crippen LogP contribution in [0, 0.1) is 16.7 Å². The third-order valence-corrected chi connectivity index (χ3v) is 24.8. The summed E-state index contributed by atoms with van der Waals surface area (Å²) in [6, 6.07) is -29.6. The molecular formula is C65H107N27O22S6. The number of aromatic nitrogens is 2. The molecule has 3 fully saturated rings. The Hall–Kier alpha value is -9.89. The van der Waals surface area contributed by atoms with E-state index in [2.05, 4.69) is 100 Å². The molecule has 670 valence electrons. The number of aromatic amines is 1. The standard InChI is InChI=1S/C65H107N27O22S6/c1-28(2)13-34-53(104)91-43-24-117-115-21-30(67)49(100)89-42-23-119-120-26-45(63(114)88-41(48(69)99)22-116-118-25-44(92-55(106)36(15-46(68)96)83-61(42)112)62(113)87-40(20-95)59(110)86-39(19-94)58(109)78-31(50(101)81-34)7-3-4-10-66)90-52(103)33(9-6-12-76-65(72)73)79-57(108)38(18-93)85-54(105)35(14-29-17-74-27-77-29)82-56(107)37(16-47(97)98)84-51(102)32(80-60(43)111)8-5-11-75-64(70)71/h17,27-28,30-45,93-95H,3-16,18-26,66-67H2,1-2H3,(H2,68,96)(H2,69,99)(H,74,77)(H,78,109)(H,79,108)(H,80,111)(H,81,101)(H,82,107)(H,83,112)(H,84,102)(H,85,105)(H,86,110)(H,87,113)(H,88,114)(H,89,100)(H,90,103)(H,91,104)(H,92,106)(H,97,98)(H4,70,71,75)(H4,72,73,76)/t30-,31-,32-,33-,34+,35-,36+,37-,38-,39-,40-,41-,42-,43-,44-,45-/m0/s1. The number of nitrogens with two attached hydrogens (primary N) is 6. The highest BCUT2D eigenvalue weighted by Gasteiger charge is 2.40. The van der Waals surface area contributed by atoms with Crippen molar-refractivity contribution in [2.45, 2.75) is 181 Å². The number of carboxylic acids is 1. The van der Waals surface area contributed by atoms with Gasteiger partial charge in [0.05, 0.1) is 45.0 Å². The number of nitrogens with zero attached hydrogens (tertiary/aromatic N) is 1. The number of imidazole rings is 1. The van der Waals surface area contributed by atoms with Gasteiger partial charge in [0, 0.05) is 65.9 Å². The molecule has 3 aliphatic rings. The van der Waals surface area contributed by atoms with Crippen molar-refractivity contribution in [3.63, 3.8) is 0 Å². The summed E-state index contributed by atoms with van der Waals surface area (Å²) in [5, 5.41) is 98.5. The average Bonchev–Trinajstić information content (AvgIpc) is 1.13. The molecule has 49 nitrogen and oxygen atoms in total. The first-order valence-corrected chi connectivity index (χ1v) is 44.8. The van der Waals surface area contributed by atoms with E-state index in [1.807, 2.05) is 0 Å². The third-order valence-electron chi connectivity index (χ3n) is 17.5. The smallest absolute Gasteiger partial charge is 0.305 e. The molecule has 4 rings (SSSR count). The van der Waals surface area contributed by atoms with E-state index in [0.717, 1.165) is 43.2 Å². The molecule has 17 amide bonds. The molecule has 55 heteroatoms. The van der Waals surface area contributed by atoms with E-state index >= 15 is 4.79 Å². The Morgan fingerprint density at radius 2 is 0.767 bits per heavy atom. The number of fused-ring (bicyclic) bond motifs is 16. The summed E-state index contributed by atoms with van der Waals surface area (Å²) < 4.78 is 0. The number of H-pyrrole nitrogens is 1. The number of guanidine groups is 2. The second-order valence-electron chi connectivity index (χ2n) is 27.6. The van der Waals surface area contributed by atoms with Crippen molar-refractivity contribution in [1.82, 2.24) is 100 Å². The van der Waals surface area contributed by atoms with Crippen molar-refractivity contribution < 1.29 is 107 Å². The number of rotatable bonds is 24. The van der Waals surface area contributed by atoms with Crippen LogP contribution in [0.3, 0.4) is 0 Å². The van der Waals surface area contributed by atoms with Crippen molar-refractivity contribution in [1.29, 1.82) is 10.8 Å². The molecule has 0 saturated carbocycles. The minimum atomic E-state index is -2.15. The van der Waals surface area contributed by atoms with Crippen LogP contribution in [0.15, 0.2) is 12.5 Å². The lowest BCUT2D eigenvalue weighted by molar-refractivity contribution is -0.141. The van der Waals surface area contributed by atoms with E-state index in [1.54, 1.807) is 13.8 Å². The SMILES string of the molecule is CC(C)C[C@H]1NC(=O)[C@H](CCCCN)NC(=O)[C@H](CO)NC(=O)[C@H](CO)NC(=O)[C@@H]2CSSC[C@@H](C(N)=O)NC(=O)[C@@H]3CSSC[C@H](NC(=O)[C@@H](N)CSSC[C@H](NC1=O)C(=O)N[C@@H](CCCNC(=N)N)C(=O)N[C@@H](CC(=O)O)C(=O)N[C@@H](Cc1cnc[nH]1)C(=O)N[C@@H](CO)C(=O)N[C@@H](CCCNC(=N)N)C(=O)N3)C(=O)N[C@H](CC(N)=O)C(=O)N2. The molecule has 120 heavy (non-hydrogen) atoms. The number of unbranched alkanes of at least 4 members (excludes halogenated alkanes) is 1. The fourth-order valence-corrected chi connectivity index (χ4v) is 18.0. The van der Waals surface area contributed by atoms with Gasteiger partial charge in [-0.1, -0.05) is 78.6 Å². The van der Waals surface area contributed by atoms with Gasteiger partial charge in [-0.3, -0.25) is 97.1 Å². The summed E-state index contributed by atoms with van der Waals surface area (Å²) in [7, 11) is 4.43. The predicted octanol–water partition coefficient (Wildman–Crippen LogP) is -12.7. The van der Waals surface area contributed by atoms with Crippen LogP contribution in [-0.4, -0.2) is 319 Å². The molecule has 16 atom stereocenters. The van der Waals surface area contributed by atoms with E-state index < -0.39 is 301 Å². The molecule has 0 radical (unpaired) electrons. The Labute approximate surface area is 710 Å². The van der Waals surface area contributed by atoms with E-state index in [1.165, 1.54) is 12.5 Å². The quantitative estimate of drug-likeness (QED) is 0.0198. The van der Waals surface area contributed by atoms with Gasteiger partial charge in [0.15, 0.2) is 11.9 Å². The van der Waals surface area contributed by atoms with Crippen LogP contribution >= 0.6 is 64.8 Å². The third kappa shape index (κ3) is 37.0. The molecule has 1 aromatic rings. The summed E-state index contributed by atoms with van der Waals surface area (Å²) in [5.41, 5.74) is 34.9. The maximum Gasteiger partial charge on any atom is 0.305 e. The molecular weight excluding hydrogens is 1700 g/mol. The lowest BCUT2D eigenvalue weighted by atomic mass is 10.0. The van der Waals surface area contributed by atoms with Crippen LogP contribution in [-0.2, 0) is 92.7 Å². The van der Waals surface area contributed by atoms with Gasteiger partial charge in [-0.25, -0.2) is 4.98 Å². The molecule has 0 spiro atoms. The largest absolute Gasteiger partial charge is 0.481 e. The van der Waals surface area contributed by atoms with Gasteiger partial charge in [-0.15, -0.1) is 0 Å². The van der Waals surface area contributed by atoms with E-state index in [-0.39, 0.29) is 70.3 Å². The number of aliphatic hydroxyl groups is 3. The summed E-state index contributed by atoms with van der Waals surface area (Å²) in [4.78, 5) is 264. The first kappa shape index (κ1) is 102. The zero-order valence-electron chi connectivity index (χ0n) is 65.2. The zero-order chi connectivity index (χ0) is 89.3. The second kappa shape index (κ2) is 53.7. The number of carbonyl (C=O) groups is 18. The van der Waals surface area contributed by atoms with E-state index in [4.69, 9.17) is 45.2 Å². The topological polar surface area (TPSA) is 825 Å². The summed E-state index contributed by atoms with van der Waals surface area (Å²) >= 11 is 0. The molecule has 0 aromatic carbocycles. The lowest BCUT2D eigenvalue weighted by Crippen LogP contribution is -2.62. The van der Waals surface area contributed by atoms with Crippen molar-refractivity contribution >= 4 is 183 Å². The van der Waals surface area contributed by atoms with Gasteiger partial charge in [0.25, 0.3) is 0 Å². The maximum absolute atomic E-state index is 15.1. The Morgan fingerprint density at radius 1 is 0.433 bits per heavy atom. The minimum absolute atomic E-state index is 0.0835. The molecule has 4 bridgehead atoms. The average molecular weight is 1810 g/mol. The number of hydrogen-bond donors (Lipinski definition) is 30. The van der Waals surface area contributed by atoms with Crippen LogP contribution in [0.5, 0.6) is 0 Å². The number of aliphatic hydroxyl groups excluding tert-OH is 3. The van der Waals surface area contributed by atoms with Crippen molar-refractivity contribution in [2.24, 2.45) is 40.3 Å². The highest BCUT2D eigenvalue weighted by Crippen LogP contribution is 2.27. The van der Waals surface area contributed by atoms with Crippen LogP contribution in [0.25, 0.3) is 0 Å². The lowest BCUT2D eigenvalue weighted by Gasteiger charge is -2.28. The molecule has 36 N–H and O–H groups in total. The maximum atomic E-state index is 15.1. The van der Waals surface area contributed by atoms with Crippen LogP contribution in [0.1, 0.15) is 83.7 Å². The van der Waals surface area contributed by atoms with E-state index in [0.29, 0.717) is 21.6 Å². The van der Waals surface area contributed by atoms with Crippen LogP contribution in [0.2, 0.25) is 0 Å². The number of amides is 17. The normalized spacial score (nSPS) is 27.1. The molecule has 0 aliphatic carbocycles. The second-order valence-corrected chi connectivity index (χ2v) is 35.3. The van der Waals surface area contributed by atoms with Gasteiger partial charge in [0.2, 0.25) is 100 Å². The number of hydrogen-bond acceptors (Lipinski definition) is 32. The van der Waals surface area contributed by atoms with Crippen molar-refractivity contribution in [2.75, 3.05) is 74.0 Å². The highest BCUT2D eigenvalue weighted by atomic mass is 33.1. The zero-order valence-corrected chi connectivity index (χ0v) is 70.1. The van der Waals surface area contributed by atoms with Crippen LogP contribution < -0.4 is 125 Å². The molecule has 4 heterocycles. The molecule has 1 aromatic heterocycles. The summed E-state index contributed by atoms with van der Waals surface area (Å²) in [6.45, 7) is -0.636. The van der Waals surface area contributed by atoms with Gasteiger partial charge < -0.3 is 150 Å². The number of primary amides is 2. The molecule has 0 unspecified atom stereocenters. The number of aliphatic carboxylic acids is 1. The fourth-order valence-electron chi connectivity index (χ4n) is 11.1. The highest BCUT2D eigenvalue weighted by molar-refractivity contribution is 8.77. The molecule has 3 aliphatic heterocycles. The van der Waals surface area contributed by atoms with Crippen molar-refractivity contribution in [3.8, 4) is 0 Å². The Bertz CT molecular complexity index is 3750. The first-order valence-electron chi connectivity index (χ1n) is 37.4. The van der Waals surface area contributed by atoms with E-state index in [9.17, 15) is 102 Å². The predicted molar refractivity (Wildman–Crippen MR) is 441 cm³/mol. The van der Waals surface area contributed by atoms with Crippen LogP contribution in [0.4, 0.5) is 0 Å². The fraction of sp³-hybridized carbons (Fsp3) is 0.646. The minimum Gasteiger partial charge on any atom is -0.481 e. The van der Waals surface area contributed by atoms with Gasteiger partial charge in [-0.2, -0.15) is 0 Å². The number of carbonyl (C=O) groups excluding carboxylic acids is 17. The monoisotopic (exact) mass is 1810 g/mol. The van der Waals surface area contributed by atoms with Gasteiger partial charge in [0.1, 0.15) is 90.6 Å². The Morgan fingerprint density at radius 3 is 1.18 bits per heavy atom. The van der Waals surface area contributed by atoms with Gasteiger partial charge >= 0.3 is 5.97 Å².